The van der Waals surface area contributed by atoms with Crippen LogP contribution < -0.4 is 5.32 Å². The van der Waals surface area contributed by atoms with Gasteiger partial charge < -0.3 is 9.88 Å². The van der Waals surface area contributed by atoms with Crippen molar-refractivity contribution in [2.45, 2.75) is 39.5 Å². The average molecular weight is 232 g/mol. The fourth-order valence-electron chi connectivity index (χ4n) is 1.71. The van der Waals surface area contributed by atoms with Crippen molar-refractivity contribution in [3.05, 3.63) is 42.5 Å². The van der Waals surface area contributed by atoms with Gasteiger partial charge in [-0.1, -0.05) is 13.8 Å². The molecule has 4 nitrogen and oxygen atoms in total. The van der Waals surface area contributed by atoms with Crippen molar-refractivity contribution in [1.29, 1.82) is 0 Å². The van der Waals surface area contributed by atoms with Crippen LogP contribution in [0, 0.1) is 0 Å². The minimum atomic E-state index is 0.530. The fourth-order valence-corrected chi connectivity index (χ4v) is 1.71. The zero-order valence-corrected chi connectivity index (χ0v) is 10.5. The zero-order chi connectivity index (χ0) is 12.1. The van der Waals surface area contributed by atoms with E-state index in [-0.39, 0.29) is 0 Å². The van der Waals surface area contributed by atoms with E-state index in [1.165, 1.54) is 5.56 Å². The lowest BCUT2D eigenvalue weighted by atomic mass is 10.3. The molecule has 4 heteroatoms. The van der Waals surface area contributed by atoms with Crippen LogP contribution in [-0.2, 0) is 19.6 Å². The van der Waals surface area contributed by atoms with Gasteiger partial charge in [0.25, 0.3) is 0 Å². The fraction of sp³-hybridized carbons (Fsp3) is 0.462. The first-order valence-corrected chi connectivity index (χ1v) is 6.09. The van der Waals surface area contributed by atoms with Gasteiger partial charge in [-0.2, -0.15) is 5.10 Å². The Morgan fingerprint density at radius 3 is 2.88 bits per heavy atom. The quantitative estimate of drug-likeness (QED) is 0.825. The third-order valence-electron chi connectivity index (χ3n) is 2.67. The van der Waals surface area contributed by atoms with Crippen molar-refractivity contribution in [3.63, 3.8) is 0 Å². The maximum atomic E-state index is 4.19. The molecule has 1 N–H and O–H groups in total. The molecule has 0 fully saturated rings. The molecule has 0 bridgehead atoms. The zero-order valence-electron chi connectivity index (χ0n) is 10.5. The summed E-state index contributed by atoms with van der Waals surface area (Å²) in [7, 11) is 0. The number of aryl methyl sites for hydroxylation is 2. The average Bonchev–Trinajstić information content (AvgIpc) is 2.95. The summed E-state index contributed by atoms with van der Waals surface area (Å²) in [5, 5.41) is 7.60. The lowest BCUT2D eigenvalue weighted by Gasteiger charge is -2.06. The second-order valence-corrected chi connectivity index (χ2v) is 4.56. The van der Waals surface area contributed by atoms with Gasteiger partial charge in [0, 0.05) is 43.9 Å². The van der Waals surface area contributed by atoms with Crippen molar-refractivity contribution in [2.24, 2.45) is 0 Å². The lowest BCUT2D eigenvalue weighted by molar-refractivity contribution is 0.533. The van der Waals surface area contributed by atoms with Crippen molar-refractivity contribution in [2.75, 3.05) is 0 Å². The monoisotopic (exact) mass is 232 g/mol. The predicted octanol–water partition coefficient (Wildman–Crippen LogP) is 1.88. The van der Waals surface area contributed by atoms with E-state index in [4.69, 9.17) is 0 Å². The van der Waals surface area contributed by atoms with Crippen LogP contribution in [0.2, 0.25) is 0 Å². The van der Waals surface area contributed by atoms with Crippen LogP contribution in [0.5, 0.6) is 0 Å². The molecule has 0 atom stereocenters. The maximum Gasteiger partial charge on any atom is 0.0588 e. The van der Waals surface area contributed by atoms with Crippen LogP contribution in [0.1, 0.15) is 19.4 Å². The van der Waals surface area contributed by atoms with Gasteiger partial charge in [-0.15, -0.1) is 0 Å². The third-order valence-corrected chi connectivity index (χ3v) is 2.67. The number of hydrogen-bond donors (Lipinski definition) is 1. The van der Waals surface area contributed by atoms with Crippen LogP contribution in [0.25, 0.3) is 0 Å². The van der Waals surface area contributed by atoms with E-state index < -0.39 is 0 Å². The van der Waals surface area contributed by atoms with Gasteiger partial charge in [-0.25, -0.2) is 0 Å². The molecule has 0 aliphatic heterocycles. The Morgan fingerprint density at radius 1 is 1.29 bits per heavy atom. The molecule has 2 aromatic rings. The standard InChI is InChI=1S/C13H20N4/c1-12(2)14-10-13-4-7-16(11-13)8-9-17-6-3-5-15-17/h3-7,11-12,14H,8-10H2,1-2H3. The molecule has 0 amide bonds. The first-order chi connectivity index (χ1) is 8.24. The van der Waals surface area contributed by atoms with Gasteiger partial charge in [0.1, 0.15) is 0 Å². The summed E-state index contributed by atoms with van der Waals surface area (Å²) in [5.74, 6) is 0. The molecule has 0 aliphatic carbocycles. The van der Waals surface area contributed by atoms with Crippen molar-refractivity contribution < 1.29 is 0 Å². The Hall–Kier alpha value is -1.55. The van der Waals surface area contributed by atoms with E-state index in [1.54, 1.807) is 0 Å². The maximum absolute atomic E-state index is 4.19. The first-order valence-electron chi connectivity index (χ1n) is 6.09. The van der Waals surface area contributed by atoms with Crippen LogP contribution in [0.3, 0.4) is 0 Å². The highest BCUT2D eigenvalue weighted by molar-refractivity contribution is 5.09. The highest BCUT2D eigenvalue weighted by Crippen LogP contribution is 2.02. The molecule has 0 aromatic carbocycles. The van der Waals surface area contributed by atoms with E-state index in [1.807, 2.05) is 23.1 Å². The normalized spacial score (nSPS) is 11.2. The van der Waals surface area contributed by atoms with Crippen LogP contribution in [0.15, 0.2) is 36.9 Å². The van der Waals surface area contributed by atoms with Crippen LogP contribution in [0.4, 0.5) is 0 Å². The van der Waals surface area contributed by atoms with Gasteiger partial charge in [0.15, 0.2) is 0 Å². The minimum Gasteiger partial charge on any atom is -0.352 e. The number of nitrogens with one attached hydrogen (secondary N) is 1. The molecule has 2 rings (SSSR count). The molecule has 2 aromatic heterocycles. The van der Waals surface area contributed by atoms with Gasteiger partial charge in [0.2, 0.25) is 0 Å². The van der Waals surface area contributed by atoms with Crippen molar-refractivity contribution in [1.82, 2.24) is 19.7 Å². The summed E-state index contributed by atoms with van der Waals surface area (Å²) in [6.45, 7) is 7.14. The smallest absolute Gasteiger partial charge is 0.0588 e. The second kappa shape index (κ2) is 5.68. The number of hydrogen-bond acceptors (Lipinski definition) is 2. The summed E-state index contributed by atoms with van der Waals surface area (Å²) >= 11 is 0. The summed E-state index contributed by atoms with van der Waals surface area (Å²) in [6, 6.07) is 4.65. The molecule has 2 heterocycles. The highest BCUT2D eigenvalue weighted by Gasteiger charge is 1.98. The molecule has 92 valence electrons. The van der Waals surface area contributed by atoms with E-state index in [0.717, 1.165) is 19.6 Å². The number of nitrogens with zero attached hydrogens (tertiary/aromatic N) is 3. The molecular weight excluding hydrogens is 212 g/mol. The molecule has 17 heavy (non-hydrogen) atoms. The Bertz CT molecular complexity index is 428. The third kappa shape index (κ3) is 3.75. The molecule has 0 saturated heterocycles. The van der Waals surface area contributed by atoms with Gasteiger partial charge >= 0.3 is 0 Å². The Balaban J connectivity index is 1.81. The summed E-state index contributed by atoms with van der Waals surface area (Å²) < 4.78 is 4.16. The Morgan fingerprint density at radius 2 is 2.18 bits per heavy atom. The van der Waals surface area contributed by atoms with E-state index >= 15 is 0 Å². The molecule has 0 aliphatic rings. The highest BCUT2D eigenvalue weighted by atomic mass is 15.3. The minimum absolute atomic E-state index is 0.530. The molecule has 0 saturated carbocycles. The van der Waals surface area contributed by atoms with Gasteiger partial charge in [-0.05, 0) is 17.7 Å². The Labute approximate surface area is 102 Å². The summed E-state index contributed by atoms with van der Waals surface area (Å²) in [4.78, 5) is 0. The van der Waals surface area contributed by atoms with E-state index in [2.05, 4.69) is 47.3 Å². The molecular formula is C13H20N4. The van der Waals surface area contributed by atoms with Crippen LogP contribution >= 0.6 is 0 Å². The van der Waals surface area contributed by atoms with Crippen LogP contribution in [-0.4, -0.2) is 20.4 Å². The topological polar surface area (TPSA) is 34.8 Å². The van der Waals surface area contributed by atoms with E-state index in [9.17, 15) is 0 Å². The van der Waals surface area contributed by atoms with Crippen molar-refractivity contribution >= 4 is 0 Å². The lowest BCUT2D eigenvalue weighted by Crippen LogP contribution is -2.21. The molecule has 0 radical (unpaired) electrons. The predicted molar refractivity (Wildman–Crippen MR) is 68.6 cm³/mol. The van der Waals surface area contributed by atoms with Crippen molar-refractivity contribution in [3.8, 4) is 0 Å². The SMILES string of the molecule is CC(C)NCc1ccn(CCn2cccn2)c1. The second-order valence-electron chi connectivity index (χ2n) is 4.56. The number of aromatic nitrogens is 3. The first kappa shape index (κ1) is 11.9. The Kier molecular flexibility index (Phi) is 3.98. The molecule has 0 unspecified atom stereocenters. The van der Waals surface area contributed by atoms with Gasteiger partial charge in [0.05, 0.1) is 6.54 Å². The largest absolute Gasteiger partial charge is 0.352 e. The van der Waals surface area contributed by atoms with E-state index in [0.29, 0.717) is 6.04 Å². The summed E-state index contributed by atoms with van der Waals surface area (Å²) in [5.41, 5.74) is 1.33. The summed E-state index contributed by atoms with van der Waals surface area (Å²) in [6.07, 6.45) is 8.12. The molecule has 0 spiro atoms. The number of rotatable bonds is 6. The van der Waals surface area contributed by atoms with Gasteiger partial charge in [-0.3, -0.25) is 4.68 Å².